The van der Waals surface area contributed by atoms with E-state index in [9.17, 15) is 0 Å². The fourth-order valence-corrected chi connectivity index (χ4v) is 3.42. The molecule has 0 saturated carbocycles. The van der Waals surface area contributed by atoms with Gasteiger partial charge in [0, 0.05) is 22.2 Å². The number of hydrogen-bond donors (Lipinski definition) is 2. The average molecular weight is 339 g/mol. The number of benzene rings is 1. The minimum atomic E-state index is 0.474. The minimum Gasteiger partial charge on any atom is -0.358 e. The van der Waals surface area contributed by atoms with E-state index >= 15 is 0 Å². The molecule has 0 aliphatic heterocycles. The SMILES string of the molecule is Cc1[nH]c2ccccc2c1/C=N\n1c(-c2cccs2)n[nH]c1=S. The van der Waals surface area contributed by atoms with Crippen LogP contribution in [0.15, 0.2) is 46.9 Å². The standard InChI is InChI=1S/C16H13N5S2/c1-10-12(11-5-2-3-6-13(11)18-10)9-17-21-15(19-20-16(21)22)14-7-4-8-23-14/h2-9,18H,1H3,(H,20,22)/b17-9-. The maximum atomic E-state index is 5.30. The van der Waals surface area contributed by atoms with Crippen molar-refractivity contribution in [2.24, 2.45) is 5.10 Å². The Balaban J connectivity index is 1.82. The van der Waals surface area contributed by atoms with Gasteiger partial charge in [-0.15, -0.1) is 11.3 Å². The topological polar surface area (TPSA) is 61.8 Å². The molecular formula is C16H13N5S2. The van der Waals surface area contributed by atoms with Crippen molar-refractivity contribution < 1.29 is 0 Å². The van der Waals surface area contributed by atoms with Crippen LogP contribution in [0.1, 0.15) is 11.3 Å². The van der Waals surface area contributed by atoms with Crippen LogP contribution >= 0.6 is 23.6 Å². The van der Waals surface area contributed by atoms with Crippen molar-refractivity contribution >= 4 is 40.7 Å². The molecule has 0 bridgehead atoms. The molecular weight excluding hydrogens is 326 g/mol. The van der Waals surface area contributed by atoms with E-state index in [2.05, 4.69) is 32.4 Å². The normalized spacial score (nSPS) is 11.7. The van der Waals surface area contributed by atoms with Crippen LogP contribution in [-0.4, -0.2) is 26.1 Å². The first kappa shape index (κ1) is 14.1. The smallest absolute Gasteiger partial charge is 0.216 e. The first-order chi connectivity index (χ1) is 11.2. The van der Waals surface area contributed by atoms with Crippen molar-refractivity contribution in [3.05, 3.63) is 57.8 Å². The second-order valence-corrected chi connectivity index (χ2v) is 6.43. The zero-order valence-corrected chi connectivity index (χ0v) is 13.9. The molecule has 0 atom stereocenters. The fraction of sp³-hybridized carbons (Fsp3) is 0.0625. The van der Waals surface area contributed by atoms with Crippen molar-refractivity contribution in [1.29, 1.82) is 0 Å². The minimum absolute atomic E-state index is 0.474. The molecule has 0 aliphatic rings. The largest absolute Gasteiger partial charge is 0.358 e. The number of H-pyrrole nitrogens is 2. The molecule has 0 spiro atoms. The summed E-state index contributed by atoms with van der Waals surface area (Å²) in [7, 11) is 0. The molecule has 0 aliphatic carbocycles. The highest BCUT2D eigenvalue weighted by atomic mass is 32.1. The third kappa shape index (κ3) is 2.43. The van der Waals surface area contributed by atoms with Gasteiger partial charge in [-0.3, -0.25) is 0 Å². The molecule has 0 radical (unpaired) electrons. The van der Waals surface area contributed by atoms with Gasteiger partial charge in [-0.1, -0.05) is 24.3 Å². The van der Waals surface area contributed by atoms with Crippen LogP contribution in [0.4, 0.5) is 0 Å². The zero-order valence-electron chi connectivity index (χ0n) is 12.3. The summed E-state index contributed by atoms with van der Waals surface area (Å²) in [6, 6.07) is 12.2. The van der Waals surface area contributed by atoms with Crippen molar-refractivity contribution in [3.63, 3.8) is 0 Å². The molecule has 4 rings (SSSR count). The number of rotatable bonds is 3. The predicted molar refractivity (Wildman–Crippen MR) is 96.8 cm³/mol. The van der Waals surface area contributed by atoms with E-state index in [4.69, 9.17) is 12.2 Å². The summed E-state index contributed by atoms with van der Waals surface area (Å²) in [5.74, 6) is 0.721. The van der Waals surface area contributed by atoms with Crippen molar-refractivity contribution in [1.82, 2.24) is 19.9 Å². The van der Waals surface area contributed by atoms with Crippen LogP contribution in [-0.2, 0) is 0 Å². The van der Waals surface area contributed by atoms with E-state index in [1.165, 1.54) is 0 Å². The number of thiophene rings is 1. The van der Waals surface area contributed by atoms with E-state index in [1.807, 2.05) is 42.8 Å². The van der Waals surface area contributed by atoms with Crippen LogP contribution in [0.25, 0.3) is 21.6 Å². The molecule has 0 amide bonds. The summed E-state index contributed by atoms with van der Waals surface area (Å²) >= 11 is 6.90. The molecule has 7 heteroatoms. The summed E-state index contributed by atoms with van der Waals surface area (Å²) in [5, 5.41) is 14.8. The average Bonchev–Trinajstić information content (AvgIpc) is 3.25. The van der Waals surface area contributed by atoms with Crippen LogP contribution in [0.5, 0.6) is 0 Å². The van der Waals surface area contributed by atoms with Crippen molar-refractivity contribution in [3.8, 4) is 10.7 Å². The van der Waals surface area contributed by atoms with Gasteiger partial charge in [-0.05, 0) is 36.7 Å². The van der Waals surface area contributed by atoms with Crippen LogP contribution in [0.2, 0.25) is 0 Å². The number of para-hydroxylation sites is 1. The van der Waals surface area contributed by atoms with Gasteiger partial charge in [0.25, 0.3) is 0 Å². The Morgan fingerprint density at radius 2 is 2.13 bits per heavy atom. The summed E-state index contributed by atoms with van der Waals surface area (Å²) < 4.78 is 2.13. The highest BCUT2D eigenvalue weighted by Gasteiger charge is 2.10. The van der Waals surface area contributed by atoms with Gasteiger partial charge in [-0.2, -0.15) is 14.9 Å². The first-order valence-corrected chi connectivity index (χ1v) is 8.36. The molecule has 23 heavy (non-hydrogen) atoms. The Morgan fingerprint density at radius 1 is 1.26 bits per heavy atom. The number of fused-ring (bicyclic) bond motifs is 1. The lowest BCUT2D eigenvalue weighted by Gasteiger charge is -1.98. The molecule has 114 valence electrons. The van der Waals surface area contributed by atoms with Gasteiger partial charge >= 0.3 is 0 Å². The second-order valence-electron chi connectivity index (χ2n) is 5.10. The number of aromatic nitrogens is 4. The van der Waals surface area contributed by atoms with Gasteiger partial charge < -0.3 is 4.98 Å². The summed E-state index contributed by atoms with van der Waals surface area (Å²) in [6.45, 7) is 2.04. The fourth-order valence-electron chi connectivity index (χ4n) is 2.54. The third-order valence-corrected chi connectivity index (χ3v) is 4.77. The molecule has 0 fully saturated rings. The van der Waals surface area contributed by atoms with Gasteiger partial charge in [0.2, 0.25) is 4.77 Å². The van der Waals surface area contributed by atoms with Crippen molar-refractivity contribution in [2.75, 3.05) is 0 Å². The Morgan fingerprint density at radius 3 is 2.96 bits per heavy atom. The molecule has 0 unspecified atom stereocenters. The number of aryl methyl sites for hydroxylation is 1. The maximum absolute atomic E-state index is 5.30. The molecule has 1 aromatic carbocycles. The highest BCUT2D eigenvalue weighted by molar-refractivity contribution is 7.71. The Labute approximate surface area is 141 Å². The number of nitrogens with one attached hydrogen (secondary N) is 2. The molecule has 0 saturated heterocycles. The van der Waals surface area contributed by atoms with E-state index < -0.39 is 0 Å². The van der Waals surface area contributed by atoms with Gasteiger partial charge in [0.05, 0.1) is 11.1 Å². The van der Waals surface area contributed by atoms with Crippen LogP contribution in [0, 0.1) is 11.7 Å². The number of hydrogen-bond acceptors (Lipinski definition) is 4. The van der Waals surface area contributed by atoms with E-state index in [1.54, 1.807) is 16.0 Å². The lowest BCUT2D eigenvalue weighted by molar-refractivity contribution is 0.873. The quantitative estimate of drug-likeness (QED) is 0.431. The van der Waals surface area contributed by atoms with Gasteiger partial charge in [0.15, 0.2) is 5.82 Å². The summed E-state index contributed by atoms with van der Waals surface area (Å²) in [6.07, 6.45) is 1.83. The monoisotopic (exact) mass is 339 g/mol. The zero-order chi connectivity index (χ0) is 15.8. The highest BCUT2D eigenvalue weighted by Crippen LogP contribution is 2.23. The molecule has 3 heterocycles. The van der Waals surface area contributed by atoms with Gasteiger partial charge in [0.1, 0.15) is 0 Å². The van der Waals surface area contributed by atoms with E-state index in [0.717, 1.165) is 32.9 Å². The van der Waals surface area contributed by atoms with Crippen molar-refractivity contribution in [2.45, 2.75) is 6.92 Å². The number of nitrogens with zero attached hydrogens (tertiary/aromatic N) is 3. The summed E-state index contributed by atoms with van der Waals surface area (Å²) in [4.78, 5) is 4.38. The molecule has 3 aromatic heterocycles. The van der Waals surface area contributed by atoms with E-state index in [-0.39, 0.29) is 0 Å². The van der Waals surface area contributed by atoms with Crippen LogP contribution < -0.4 is 0 Å². The lowest BCUT2D eigenvalue weighted by atomic mass is 10.1. The Kier molecular flexibility index (Phi) is 3.44. The molecule has 4 aromatic rings. The Hall–Kier alpha value is -2.51. The Bertz CT molecular complexity index is 1050. The maximum Gasteiger partial charge on any atom is 0.216 e. The molecule has 5 nitrogen and oxygen atoms in total. The van der Waals surface area contributed by atoms with Gasteiger partial charge in [-0.25, -0.2) is 5.10 Å². The second kappa shape index (κ2) is 5.60. The van der Waals surface area contributed by atoms with Crippen LogP contribution in [0.3, 0.4) is 0 Å². The number of aromatic amines is 2. The predicted octanol–water partition coefficient (Wildman–Crippen LogP) is 4.34. The third-order valence-electron chi connectivity index (χ3n) is 3.64. The van der Waals surface area contributed by atoms with E-state index in [0.29, 0.717) is 4.77 Å². The lowest BCUT2D eigenvalue weighted by Crippen LogP contribution is -1.94. The molecule has 2 N–H and O–H groups in total. The first-order valence-electron chi connectivity index (χ1n) is 7.07. The summed E-state index contributed by atoms with van der Waals surface area (Å²) in [5.41, 5.74) is 3.23.